The first-order valence-electron chi connectivity index (χ1n) is 7.25. The second-order valence-corrected chi connectivity index (χ2v) is 5.18. The molecule has 6 nitrogen and oxygen atoms in total. The number of amides is 2. The Morgan fingerprint density at radius 1 is 1.35 bits per heavy atom. The first-order valence-corrected chi connectivity index (χ1v) is 7.25. The van der Waals surface area contributed by atoms with E-state index in [0.717, 1.165) is 38.9 Å². The van der Waals surface area contributed by atoms with Crippen molar-refractivity contribution in [1.29, 1.82) is 5.26 Å². The molecule has 112 valence electrons. The Kier molecular flexibility index (Phi) is 7.66. The van der Waals surface area contributed by atoms with Gasteiger partial charge in [-0.1, -0.05) is 0 Å². The summed E-state index contributed by atoms with van der Waals surface area (Å²) < 4.78 is 0. The molecule has 1 aliphatic heterocycles. The van der Waals surface area contributed by atoms with Crippen molar-refractivity contribution in [3.63, 3.8) is 0 Å². The lowest BCUT2D eigenvalue weighted by atomic mass is 9.97. The minimum absolute atomic E-state index is 0.0307. The van der Waals surface area contributed by atoms with Crippen molar-refractivity contribution >= 4 is 11.8 Å². The van der Waals surface area contributed by atoms with Crippen LogP contribution in [0.5, 0.6) is 0 Å². The normalized spacial score (nSPS) is 19.1. The number of carbonyl (C=O) groups is 2. The number of piperidine rings is 1. The van der Waals surface area contributed by atoms with E-state index >= 15 is 0 Å². The van der Waals surface area contributed by atoms with Gasteiger partial charge in [0.05, 0.1) is 12.0 Å². The summed E-state index contributed by atoms with van der Waals surface area (Å²) in [4.78, 5) is 24.9. The highest BCUT2D eigenvalue weighted by Crippen LogP contribution is 2.16. The van der Waals surface area contributed by atoms with Crippen molar-refractivity contribution in [2.45, 2.75) is 32.6 Å². The molecule has 1 atom stereocenters. The lowest BCUT2D eigenvalue weighted by Crippen LogP contribution is -2.43. The first-order chi connectivity index (χ1) is 9.63. The van der Waals surface area contributed by atoms with E-state index in [0.29, 0.717) is 19.5 Å². The SMILES string of the molecule is CC(=O)NCCCNC(=O)C1CCCN(CCC#N)C1. The molecular formula is C14H24N4O2. The number of likely N-dealkylation sites (tertiary alicyclic amines) is 1. The van der Waals surface area contributed by atoms with Gasteiger partial charge in [-0.15, -0.1) is 0 Å². The van der Waals surface area contributed by atoms with Crippen LogP contribution < -0.4 is 10.6 Å². The van der Waals surface area contributed by atoms with E-state index in [9.17, 15) is 9.59 Å². The van der Waals surface area contributed by atoms with Gasteiger partial charge in [0.15, 0.2) is 0 Å². The number of nitriles is 1. The van der Waals surface area contributed by atoms with Gasteiger partial charge in [-0.3, -0.25) is 9.59 Å². The zero-order valence-corrected chi connectivity index (χ0v) is 12.2. The van der Waals surface area contributed by atoms with E-state index in [1.54, 1.807) is 0 Å². The Hall–Kier alpha value is -1.61. The largest absolute Gasteiger partial charge is 0.356 e. The van der Waals surface area contributed by atoms with E-state index < -0.39 is 0 Å². The van der Waals surface area contributed by atoms with Crippen LogP contribution in [0.2, 0.25) is 0 Å². The summed E-state index contributed by atoms with van der Waals surface area (Å²) in [6, 6.07) is 2.14. The van der Waals surface area contributed by atoms with Crippen molar-refractivity contribution in [3.05, 3.63) is 0 Å². The molecule has 0 bridgehead atoms. The second kappa shape index (κ2) is 9.32. The molecule has 1 heterocycles. The zero-order valence-electron chi connectivity index (χ0n) is 12.2. The molecule has 0 aromatic rings. The zero-order chi connectivity index (χ0) is 14.8. The Labute approximate surface area is 120 Å². The van der Waals surface area contributed by atoms with Crippen LogP contribution in [0.1, 0.15) is 32.6 Å². The average Bonchev–Trinajstić information content (AvgIpc) is 2.44. The molecule has 0 radical (unpaired) electrons. The van der Waals surface area contributed by atoms with Crippen LogP contribution in [0.4, 0.5) is 0 Å². The highest BCUT2D eigenvalue weighted by atomic mass is 16.2. The molecule has 6 heteroatoms. The minimum atomic E-state index is -0.0447. The van der Waals surface area contributed by atoms with Crippen LogP contribution in [0, 0.1) is 17.2 Å². The predicted octanol–water partition coefficient (Wildman–Crippen LogP) is 0.254. The van der Waals surface area contributed by atoms with Crippen molar-refractivity contribution in [2.24, 2.45) is 5.92 Å². The quantitative estimate of drug-likeness (QED) is 0.655. The first kappa shape index (κ1) is 16.4. The number of carbonyl (C=O) groups excluding carboxylic acids is 2. The number of nitrogens with zero attached hydrogens (tertiary/aromatic N) is 2. The molecule has 1 aliphatic rings. The minimum Gasteiger partial charge on any atom is -0.356 e. The summed E-state index contributed by atoms with van der Waals surface area (Å²) in [6.45, 7) is 5.15. The molecule has 0 aliphatic carbocycles. The lowest BCUT2D eigenvalue weighted by Gasteiger charge is -2.31. The molecule has 2 N–H and O–H groups in total. The Morgan fingerprint density at radius 2 is 2.10 bits per heavy atom. The van der Waals surface area contributed by atoms with Crippen molar-refractivity contribution in [1.82, 2.24) is 15.5 Å². The summed E-state index contributed by atoms with van der Waals surface area (Å²) in [7, 11) is 0. The third kappa shape index (κ3) is 6.53. The van der Waals surface area contributed by atoms with Crippen molar-refractivity contribution in [2.75, 3.05) is 32.7 Å². The van der Waals surface area contributed by atoms with Crippen LogP contribution in [-0.2, 0) is 9.59 Å². The predicted molar refractivity (Wildman–Crippen MR) is 75.7 cm³/mol. The topological polar surface area (TPSA) is 85.2 Å². The maximum absolute atomic E-state index is 12.0. The van der Waals surface area contributed by atoms with Gasteiger partial charge in [-0.2, -0.15) is 5.26 Å². The smallest absolute Gasteiger partial charge is 0.224 e. The van der Waals surface area contributed by atoms with Crippen LogP contribution in [0.3, 0.4) is 0 Å². The molecular weight excluding hydrogens is 256 g/mol. The Bertz CT molecular complexity index is 365. The fourth-order valence-electron chi connectivity index (χ4n) is 2.39. The Morgan fingerprint density at radius 3 is 2.80 bits per heavy atom. The van der Waals surface area contributed by atoms with Crippen molar-refractivity contribution in [3.8, 4) is 6.07 Å². The van der Waals surface area contributed by atoms with Crippen LogP contribution >= 0.6 is 0 Å². The third-order valence-corrected chi connectivity index (χ3v) is 3.44. The van der Waals surface area contributed by atoms with Crippen LogP contribution in [-0.4, -0.2) is 49.4 Å². The fraction of sp³-hybridized carbons (Fsp3) is 0.786. The fourth-order valence-corrected chi connectivity index (χ4v) is 2.39. The molecule has 0 saturated carbocycles. The molecule has 20 heavy (non-hydrogen) atoms. The van der Waals surface area contributed by atoms with E-state index in [1.165, 1.54) is 6.92 Å². The molecule has 2 amide bonds. The van der Waals surface area contributed by atoms with Crippen LogP contribution in [0.25, 0.3) is 0 Å². The van der Waals surface area contributed by atoms with E-state index in [1.807, 2.05) is 0 Å². The highest BCUT2D eigenvalue weighted by molar-refractivity contribution is 5.79. The Balaban J connectivity index is 2.18. The summed E-state index contributed by atoms with van der Waals surface area (Å²) in [5.74, 6) is 0.0782. The average molecular weight is 280 g/mol. The summed E-state index contributed by atoms with van der Waals surface area (Å²) in [6.07, 6.45) is 3.19. The third-order valence-electron chi connectivity index (χ3n) is 3.44. The van der Waals surface area contributed by atoms with Gasteiger partial charge >= 0.3 is 0 Å². The molecule has 0 aromatic carbocycles. The van der Waals surface area contributed by atoms with Crippen LogP contribution in [0.15, 0.2) is 0 Å². The molecule has 1 fully saturated rings. The van der Waals surface area contributed by atoms with Gasteiger partial charge in [-0.25, -0.2) is 0 Å². The molecule has 0 spiro atoms. The van der Waals surface area contributed by atoms with Gasteiger partial charge in [0.1, 0.15) is 0 Å². The number of hydrogen-bond donors (Lipinski definition) is 2. The summed E-state index contributed by atoms with van der Waals surface area (Å²) >= 11 is 0. The van der Waals surface area contributed by atoms with Gasteiger partial charge in [0.2, 0.25) is 11.8 Å². The standard InChI is InChI=1S/C14H24N4O2/c1-12(19)16-7-4-8-17-14(20)13-5-2-9-18(11-13)10-3-6-15/h13H,2-5,7-11H2,1H3,(H,16,19)(H,17,20). The molecule has 0 aromatic heterocycles. The van der Waals surface area contributed by atoms with Gasteiger partial charge in [0, 0.05) is 39.5 Å². The van der Waals surface area contributed by atoms with Gasteiger partial charge < -0.3 is 15.5 Å². The van der Waals surface area contributed by atoms with E-state index in [-0.39, 0.29) is 17.7 Å². The lowest BCUT2D eigenvalue weighted by molar-refractivity contribution is -0.126. The molecule has 1 saturated heterocycles. The van der Waals surface area contributed by atoms with Crippen molar-refractivity contribution < 1.29 is 9.59 Å². The number of rotatable bonds is 7. The summed E-state index contributed by atoms with van der Waals surface area (Å²) in [5.41, 5.74) is 0. The number of nitrogens with one attached hydrogen (secondary N) is 2. The maximum atomic E-state index is 12.0. The van der Waals surface area contributed by atoms with Gasteiger partial charge in [0.25, 0.3) is 0 Å². The molecule has 1 unspecified atom stereocenters. The summed E-state index contributed by atoms with van der Waals surface area (Å²) in [5, 5.41) is 14.2. The monoisotopic (exact) mass is 280 g/mol. The highest BCUT2D eigenvalue weighted by Gasteiger charge is 2.24. The maximum Gasteiger partial charge on any atom is 0.224 e. The van der Waals surface area contributed by atoms with E-state index in [4.69, 9.17) is 5.26 Å². The van der Waals surface area contributed by atoms with E-state index in [2.05, 4.69) is 21.6 Å². The molecule has 1 rings (SSSR count). The number of hydrogen-bond acceptors (Lipinski definition) is 4. The second-order valence-electron chi connectivity index (χ2n) is 5.18. The van der Waals surface area contributed by atoms with Gasteiger partial charge in [-0.05, 0) is 25.8 Å².